The lowest BCUT2D eigenvalue weighted by atomic mass is 10.0. The summed E-state index contributed by atoms with van der Waals surface area (Å²) in [5, 5.41) is 4.21. The van der Waals surface area contributed by atoms with Gasteiger partial charge >= 0.3 is 11.9 Å². The van der Waals surface area contributed by atoms with Crippen LogP contribution in [0, 0.1) is 13.8 Å². The first kappa shape index (κ1) is 51.2. The van der Waals surface area contributed by atoms with E-state index >= 15 is 0 Å². The van der Waals surface area contributed by atoms with E-state index in [0.29, 0.717) is 107 Å². The molecule has 3 aromatic carbocycles. The maximum Gasteiger partial charge on any atom is 0.345 e. The van der Waals surface area contributed by atoms with Crippen molar-refractivity contribution in [2.24, 2.45) is 0 Å². The molecule has 0 atom stereocenters. The first-order chi connectivity index (χ1) is 31.7. The standard InChI is InChI=1S/C46H57N3O16S/c1-31-27-33(45(53)47-16-7-5-6-9-42(52)65-49-40(50)14-15-41(49)51)28-32(2)44(31)64-46(54)43-36-29-34(62-24-22-60-20-18-58-3)10-12-38(36)48(17-8-26-66(55,56)57)39-13-11-35(30-37(39)43)63-25-23-61-21-19-59-4/h10-13,27-30H,5-9,14-26H2,1-4H3,(H-,47,53,55,56,57). The van der Waals surface area contributed by atoms with Crippen LogP contribution < -0.4 is 24.1 Å². The zero-order valence-corrected chi connectivity index (χ0v) is 38.5. The molecule has 1 N–H and O–H groups in total. The van der Waals surface area contributed by atoms with E-state index in [0.717, 1.165) is 0 Å². The van der Waals surface area contributed by atoms with Crippen LogP contribution in [-0.4, -0.2) is 127 Å². The summed E-state index contributed by atoms with van der Waals surface area (Å²) < 4.78 is 76.2. The third-order valence-electron chi connectivity index (χ3n) is 10.4. The molecule has 1 aliphatic heterocycles. The Morgan fingerprint density at radius 1 is 0.727 bits per heavy atom. The molecule has 2 heterocycles. The summed E-state index contributed by atoms with van der Waals surface area (Å²) in [6, 6.07) is 13.6. The molecule has 0 bridgehead atoms. The van der Waals surface area contributed by atoms with Crippen molar-refractivity contribution in [2.45, 2.75) is 65.3 Å². The number of nitrogens with zero attached hydrogens (tertiary/aromatic N) is 2. The summed E-state index contributed by atoms with van der Waals surface area (Å²) in [4.78, 5) is 68.3. The molecule has 0 radical (unpaired) electrons. The lowest BCUT2D eigenvalue weighted by Gasteiger charge is -2.17. The van der Waals surface area contributed by atoms with E-state index in [-0.39, 0.29) is 75.9 Å². The van der Waals surface area contributed by atoms with E-state index in [4.69, 9.17) is 38.0 Å². The molecule has 4 aromatic rings. The zero-order chi connectivity index (χ0) is 47.6. The second kappa shape index (κ2) is 25.2. The highest BCUT2D eigenvalue weighted by molar-refractivity contribution is 7.85. The van der Waals surface area contributed by atoms with Crippen molar-refractivity contribution < 1.29 is 79.5 Å². The van der Waals surface area contributed by atoms with Gasteiger partial charge in [-0.05, 0) is 74.2 Å². The van der Waals surface area contributed by atoms with Gasteiger partial charge in [-0.2, -0.15) is 4.57 Å². The van der Waals surface area contributed by atoms with Gasteiger partial charge in [-0.25, -0.2) is 18.0 Å². The van der Waals surface area contributed by atoms with E-state index in [2.05, 4.69) is 5.32 Å². The molecular weight excluding hydrogens is 883 g/mol. The first-order valence-corrected chi connectivity index (χ1v) is 23.2. The Morgan fingerprint density at radius 3 is 1.80 bits per heavy atom. The lowest BCUT2D eigenvalue weighted by molar-refractivity contribution is -0.645. The Morgan fingerprint density at radius 2 is 1.27 bits per heavy atom. The number of nitrogens with one attached hydrogen (secondary N) is 1. The van der Waals surface area contributed by atoms with Gasteiger partial charge in [0.05, 0.1) is 66.1 Å². The molecule has 1 aliphatic rings. The molecule has 66 heavy (non-hydrogen) atoms. The van der Waals surface area contributed by atoms with Gasteiger partial charge in [-0.15, -0.1) is 5.06 Å². The number of hydrogen-bond acceptors (Lipinski definition) is 16. The number of aryl methyl sites for hydroxylation is 3. The van der Waals surface area contributed by atoms with Gasteiger partial charge in [0.1, 0.15) is 30.5 Å². The van der Waals surface area contributed by atoms with Crippen LogP contribution in [0.25, 0.3) is 21.8 Å². The number of carbonyl (C=O) groups excluding carboxylic acids is 5. The van der Waals surface area contributed by atoms with Crippen LogP contribution in [0.4, 0.5) is 0 Å². The number of pyridine rings is 1. The molecule has 3 amide bonds. The average Bonchev–Trinajstić information content (AvgIpc) is 3.59. The van der Waals surface area contributed by atoms with Crippen molar-refractivity contribution in [3.8, 4) is 17.2 Å². The SMILES string of the molecule is COCCOCCOc1ccc2c(c1)c(C(=O)Oc1c(C)cc(C(=O)NCCCCCC(=O)ON3C(=O)CCC3=O)cc1C)c1cc(OCCOCCOC)ccc1[n+]2CCCS(=O)(=O)[O-]. The molecule has 358 valence electrons. The highest BCUT2D eigenvalue weighted by Gasteiger charge is 2.33. The Bertz CT molecular complexity index is 2360. The summed E-state index contributed by atoms with van der Waals surface area (Å²) in [5.41, 5.74) is 2.59. The zero-order valence-electron chi connectivity index (χ0n) is 37.7. The number of fused-ring (bicyclic) bond motifs is 2. The van der Waals surface area contributed by atoms with Crippen LogP contribution >= 0.6 is 0 Å². The molecule has 0 saturated carbocycles. The van der Waals surface area contributed by atoms with E-state index < -0.39 is 39.6 Å². The van der Waals surface area contributed by atoms with Crippen LogP contribution in [0.3, 0.4) is 0 Å². The Kier molecular flexibility index (Phi) is 19.6. The molecule has 5 rings (SSSR count). The van der Waals surface area contributed by atoms with Gasteiger partial charge in [0.15, 0.2) is 6.54 Å². The number of imide groups is 1. The van der Waals surface area contributed by atoms with Crippen molar-refractivity contribution in [2.75, 3.05) is 79.4 Å². The van der Waals surface area contributed by atoms with E-state index in [9.17, 15) is 36.9 Å². The monoisotopic (exact) mass is 939 g/mol. The van der Waals surface area contributed by atoms with Crippen molar-refractivity contribution in [3.63, 3.8) is 0 Å². The number of rotatable bonds is 28. The normalized spacial score (nSPS) is 12.8. The Labute approximate surface area is 383 Å². The molecule has 0 unspecified atom stereocenters. The third-order valence-corrected chi connectivity index (χ3v) is 11.1. The van der Waals surface area contributed by atoms with Gasteiger partial charge in [0.25, 0.3) is 17.7 Å². The summed E-state index contributed by atoms with van der Waals surface area (Å²) >= 11 is 0. The molecule has 0 spiro atoms. The molecule has 1 saturated heterocycles. The van der Waals surface area contributed by atoms with Gasteiger partial charge in [-0.3, -0.25) is 14.4 Å². The molecule has 20 heteroatoms. The fraction of sp³-hybridized carbons (Fsp3) is 0.478. The second-order valence-electron chi connectivity index (χ2n) is 15.3. The number of methoxy groups -OCH3 is 2. The van der Waals surface area contributed by atoms with Crippen molar-refractivity contribution in [1.82, 2.24) is 10.4 Å². The Balaban J connectivity index is 1.38. The first-order valence-electron chi connectivity index (χ1n) is 21.6. The molecule has 0 aliphatic carbocycles. The maximum absolute atomic E-state index is 14.7. The topological polar surface area (TPSA) is 236 Å². The van der Waals surface area contributed by atoms with Crippen LogP contribution in [0.2, 0.25) is 0 Å². The van der Waals surface area contributed by atoms with Crippen molar-refractivity contribution in [3.05, 3.63) is 70.8 Å². The van der Waals surface area contributed by atoms with Gasteiger partial charge in [0, 0.05) is 69.9 Å². The summed E-state index contributed by atoms with van der Waals surface area (Å²) in [6.07, 6.45) is 1.59. The average molecular weight is 940 g/mol. The van der Waals surface area contributed by atoms with Crippen molar-refractivity contribution in [1.29, 1.82) is 0 Å². The number of hydrogen-bond donors (Lipinski definition) is 1. The predicted molar refractivity (Wildman–Crippen MR) is 236 cm³/mol. The van der Waals surface area contributed by atoms with E-state index in [1.54, 1.807) is 76.6 Å². The number of esters is 1. The largest absolute Gasteiger partial charge is 0.748 e. The van der Waals surface area contributed by atoms with Crippen LogP contribution in [0.5, 0.6) is 17.2 Å². The minimum Gasteiger partial charge on any atom is -0.748 e. The van der Waals surface area contributed by atoms with Gasteiger partial charge < -0.3 is 47.9 Å². The second-order valence-corrected chi connectivity index (χ2v) is 16.9. The number of unbranched alkanes of at least 4 members (excludes halogenated alkanes) is 2. The highest BCUT2D eigenvalue weighted by Crippen LogP contribution is 2.33. The van der Waals surface area contributed by atoms with E-state index in [1.165, 1.54) is 0 Å². The number of benzene rings is 3. The Hall–Kier alpha value is -5.77. The minimum absolute atomic E-state index is 0.000445. The molecule has 19 nitrogen and oxygen atoms in total. The lowest BCUT2D eigenvalue weighted by Crippen LogP contribution is -2.37. The molecule has 1 fully saturated rings. The van der Waals surface area contributed by atoms with Gasteiger partial charge in [-0.1, -0.05) is 6.42 Å². The van der Waals surface area contributed by atoms with Crippen LogP contribution in [-0.2, 0) is 54.8 Å². The maximum atomic E-state index is 14.7. The fourth-order valence-electron chi connectivity index (χ4n) is 7.21. The summed E-state index contributed by atoms with van der Waals surface area (Å²) in [6.45, 7) is 6.39. The fourth-order valence-corrected chi connectivity index (χ4v) is 7.69. The smallest absolute Gasteiger partial charge is 0.345 e. The quantitative estimate of drug-likeness (QED) is 0.0161. The molecular formula is C46H57N3O16S. The highest BCUT2D eigenvalue weighted by atomic mass is 32.2. The number of amides is 3. The third kappa shape index (κ3) is 14.9. The number of aromatic nitrogens is 1. The number of ether oxygens (including phenoxy) is 7. The van der Waals surface area contributed by atoms with Gasteiger partial charge in [0.2, 0.25) is 11.0 Å². The van der Waals surface area contributed by atoms with E-state index in [1.807, 2.05) is 4.57 Å². The predicted octanol–water partition coefficient (Wildman–Crippen LogP) is 4.03. The number of hydroxylamine groups is 2. The number of carbonyl (C=O) groups is 5. The van der Waals surface area contributed by atoms with Crippen molar-refractivity contribution >= 4 is 61.6 Å². The van der Waals surface area contributed by atoms with Crippen LogP contribution in [0.1, 0.15) is 76.8 Å². The van der Waals surface area contributed by atoms with Crippen LogP contribution in [0.15, 0.2) is 48.5 Å². The summed E-state index contributed by atoms with van der Waals surface area (Å²) in [7, 11) is -1.37. The molecule has 1 aromatic heterocycles. The minimum atomic E-state index is -4.51. The summed E-state index contributed by atoms with van der Waals surface area (Å²) in [5.74, 6) is -2.37.